The van der Waals surface area contributed by atoms with Crippen LogP contribution < -0.4 is 5.73 Å². The second-order valence-corrected chi connectivity index (χ2v) is 3.08. The first-order valence-electron chi connectivity index (χ1n) is 4.14. The molecule has 0 amide bonds. The van der Waals surface area contributed by atoms with Crippen molar-refractivity contribution in [3.8, 4) is 0 Å². The summed E-state index contributed by atoms with van der Waals surface area (Å²) in [5, 5.41) is 4.19. The molecule has 2 N–H and O–H groups in total. The van der Waals surface area contributed by atoms with E-state index in [0.29, 0.717) is 0 Å². The van der Waals surface area contributed by atoms with E-state index in [1.54, 1.807) is 0 Å². The van der Waals surface area contributed by atoms with E-state index in [0.717, 1.165) is 18.3 Å². The van der Waals surface area contributed by atoms with E-state index in [9.17, 15) is 0 Å². The van der Waals surface area contributed by atoms with Gasteiger partial charge in [-0.2, -0.15) is 5.10 Å². The number of hydrogen-bond donors (Lipinski definition) is 1. The normalized spacial score (nSPS) is 17.2. The summed E-state index contributed by atoms with van der Waals surface area (Å²) in [6.07, 6.45) is 4.50. The van der Waals surface area contributed by atoms with Crippen molar-refractivity contribution >= 4 is 5.82 Å². The molecule has 0 spiro atoms. The van der Waals surface area contributed by atoms with Gasteiger partial charge in [-0.05, 0) is 25.7 Å². The Kier molecular flexibility index (Phi) is 1.37. The number of hydrogen-bond acceptors (Lipinski definition) is 2. The fourth-order valence-corrected chi connectivity index (χ4v) is 1.37. The average molecular weight is 151 g/mol. The molecule has 0 radical (unpaired) electrons. The topological polar surface area (TPSA) is 43.8 Å². The Morgan fingerprint density at radius 2 is 2.45 bits per heavy atom. The van der Waals surface area contributed by atoms with Gasteiger partial charge < -0.3 is 5.73 Å². The van der Waals surface area contributed by atoms with Gasteiger partial charge in [-0.25, -0.2) is 0 Å². The van der Waals surface area contributed by atoms with Crippen molar-refractivity contribution in [3.05, 3.63) is 11.8 Å². The molecule has 1 aromatic heterocycles. The Balaban J connectivity index is 2.33. The zero-order chi connectivity index (χ0) is 7.84. The molecule has 1 fully saturated rings. The van der Waals surface area contributed by atoms with Gasteiger partial charge in [0.1, 0.15) is 5.82 Å². The summed E-state index contributed by atoms with van der Waals surface area (Å²) in [4.78, 5) is 0. The van der Waals surface area contributed by atoms with E-state index in [4.69, 9.17) is 5.73 Å². The minimum atomic E-state index is 0.718. The maximum absolute atomic E-state index is 5.86. The van der Waals surface area contributed by atoms with Gasteiger partial charge in [-0.15, -0.1) is 0 Å². The minimum Gasteiger partial charge on any atom is -0.384 e. The summed E-state index contributed by atoms with van der Waals surface area (Å²) >= 11 is 0. The molecule has 1 aromatic rings. The molecule has 2 rings (SSSR count). The van der Waals surface area contributed by atoms with Crippen LogP contribution in [0.1, 0.15) is 31.2 Å². The number of aryl methyl sites for hydroxylation is 1. The maximum atomic E-state index is 5.86. The number of nitrogens with zero attached hydrogens (tertiary/aromatic N) is 2. The quantitative estimate of drug-likeness (QED) is 0.693. The molecular formula is C8H13N3. The predicted octanol–water partition coefficient (Wildman–Crippen LogP) is 1.36. The van der Waals surface area contributed by atoms with E-state index in [2.05, 4.69) is 12.0 Å². The summed E-state index contributed by atoms with van der Waals surface area (Å²) in [6, 6.07) is 0. The van der Waals surface area contributed by atoms with Crippen LogP contribution in [-0.2, 0) is 6.54 Å². The van der Waals surface area contributed by atoms with Crippen LogP contribution in [0.3, 0.4) is 0 Å². The largest absolute Gasteiger partial charge is 0.384 e. The minimum absolute atomic E-state index is 0.718. The lowest BCUT2D eigenvalue weighted by Crippen LogP contribution is -2.02. The van der Waals surface area contributed by atoms with Crippen molar-refractivity contribution in [1.29, 1.82) is 0 Å². The lowest BCUT2D eigenvalue weighted by Gasteiger charge is -1.99. The number of nitrogens with two attached hydrogens (primary N) is 1. The summed E-state index contributed by atoms with van der Waals surface area (Å²) in [5.74, 6) is 1.59. The number of aromatic nitrogens is 2. The van der Waals surface area contributed by atoms with Gasteiger partial charge in [0.2, 0.25) is 0 Å². The Hall–Kier alpha value is -0.990. The lowest BCUT2D eigenvalue weighted by atomic mass is 10.2. The van der Waals surface area contributed by atoms with Crippen molar-refractivity contribution in [3.63, 3.8) is 0 Å². The van der Waals surface area contributed by atoms with Crippen LogP contribution in [0.5, 0.6) is 0 Å². The Morgan fingerprint density at radius 1 is 1.73 bits per heavy atom. The molecule has 3 heteroatoms. The Labute approximate surface area is 66.2 Å². The van der Waals surface area contributed by atoms with E-state index >= 15 is 0 Å². The van der Waals surface area contributed by atoms with Crippen molar-refractivity contribution < 1.29 is 0 Å². The molecule has 0 aliphatic heterocycles. The molecule has 0 bridgehead atoms. The molecule has 0 aromatic carbocycles. The van der Waals surface area contributed by atoms with Gasteiger partial charge in [0, 0.05) is 12.1 Å². The molecule has 0 unspecified atom stereocenters. The average Bonchev–Trinajstić information content (AvgIpc) is 2.77. The van der Waals surface area contributed by atoms with Crippen molar-refractivity contribution in [1.82, 2.24) is 9.78 Å². The molecule has 60 valence electrons. The fourth-order valence-electron chi connectivity index (χ4n) is 1.37. The van der Waals surface area contributed by atoms with Crippen LogP contribution in [-0.4, -0.2) is 9.78 Å². The fraction of sp³-hybridized carbons (Fsp3) is 0.625. The predicted molar refractivity (Wildman–Crippen MR) is 44.3 cm³/mol. The molecule has 3 nitrogen and oxygen atoms in total. The van der Waals surface area contributed by atoms with Crippen LogP contribution in [0.15, 0.2) is 6.20 Å². The van der Waals surface area contributed by atoms with Crippen LogP contribution in [0.25, 0.3) is 0 Å². The molecule has 11 heavy (non-hydrogen) atoms. The van der Waals surface area contributed by atoms with E-state index in [-0.39, 0.29) is 0 Å². The second-order valence-electron chi connectivity index (χ2n) is 3.08. The molecule has 1 aliphatic rings. The van der Waals surface area contributed by atoms with E-state index < -0.39 is 0 Å². The lowest BCUT2D eigenvalue weighted by molar-refractivity contribution is 0.669. The molecule has 1 aliphatic carbocycles. The van der Waals surface area contributed by atoms with Gasteiger partial charge in [0.05, 0.1) is 6.20 Å². The summed E-state index contributed by atoms with van der Waals surface area (Å²) in [5.41, 5.74) is 7.11. The molecule has 0 atom stereocenters. The van der Waals surface area contributed by atoms with Gasteiger partial charge in [0.15, 0.2) is 0 Å². The highest BCUT2D eigenvalue weighted by molar-refractivity contribution is 5.43. The first kappa shape index (κ1) is 6.70. The number of anilines is 1. The summed E-state index contributed by atoms with van der Waals surface area (Å²) in [6.45, 7) is 2.93. The van der Waals surface area contributed by atoms with Crippen LogP contribution >= 0.6 is 0 Å². The Bertz CT molecular complexity index is 260. The zero-order valence-corrected chi connectivity index (χ0v) is 6.75. The SMILES string of the molecule is CCn1ncc(C2CC2)c1N. The van der Waals surface area contributed by atoms with Crippen LogP contribution in [0.2, 0.25) is 0 Å². The summed E-state index contributed by atoms with van der Waals surface area (Å²) in [7, 11) is 0. The molecule has 0 saturated heterocycles. The van der Waals surface area contributed by atoms with Crippen molar-refractivity contribution in [2.45, 2.75) is 32.2 Å². The van der Waals surface area contributed by atoms with Crippen LogP contribution in [0, 0.1) is 0 Å². The number of rotatable bonds is 2. The van der Waals surface area contributed by atoms with Gasteiger partial charge in [-0.3, -0.25) is 4.68 Å². The highest BCUT2D eigenvalue weighted by Gasteiger charge is 2.27. The zero-order valence-electron chi connectivity index (χ0n) is 6.75. The molecular weight excluding hydrogens is 138 g/mol. The standard InChI is InChI=1S/C8H13N3/c1-2-11-8(9)7(5-10-11)6-3-4-6/h5-6H,2-4,9H2,1H3. The smallest absolute Gasteiger partial charge is 0.125 e. The van der Waals surface area contributed by atoms with Gasteiger partial charge >= 0.3 is 0 Å². The third-order valence-electron chi connectivity index (χ3n) is 2.23. The monoisotopic (exact) mass is 151 g/mol. The highest BCUT2D eigenvalue weighted by Crippen LogP contribution is 2.42. The van der Waals surface area contributed by atoms with Gasteiger partial charge in [-0.1, -0.05) is 0 Å². The van der Waals surface area contributed by atoms with Crippen LogP contribution in [0.4, 0.5) is 5.82 Å². The maximum Gasteiger partial charge on any atom is 0.125 e. The molecule has 1 heterocycles. The van der Waals surface area contributed by atoms with E-state index in [1.165, 1.54) is 18.4 Å². The van der Waals surface area contributed by atoms with Crippen molar-refractivity contribution in [2.24, 2.45) is 0 Å². The number of nitrogen functional groups attached to an aromatic ring is 1. The first-order chi connectivity index (χ1) is 5.33. The third-order valence-corrected chi connectivity index (χ3v) is 2.23. The van der Waals surface area contributed by atoms with E-state index in [1.807, 2.05) is 10.9 Å². The summed E-state index contributed by atoms with van der Waals surface area (Å²) < 4.78 is 1.85. The Morgan fingerprint density at radius 3 is 2.91 bits per heavy atom. The molecule has 1 saturated carbocycles. The highest BCUT2D eigenvalue weighted by atomic mass is 15.3. The first-order valence-corrected chi connectivity index (χ1v) is 4.14. The van der Waals surface area contributed by atoms with Gasteiger partial charge in [0.25, 0.3) is 0 Å². The third kappa shape index (κ3) is 1.00. The van der Waals surface area contributed by atoms with Crippen molar-refractivity contribution in [2.75, 3.05) is 5.73 Å². The second kappa shape index (κ2) is 2.26.